The van der Waals surface area contributed by atoms with Crippen LogP contribution in [0, 0.1) is 5.92 Å². The minimum atomic E-state index is 0.150. The number of carbonyl (C=O) groups is 1. The van der Waals surface area contributed by atoms with E-state index in [0.717, 1.165) is 63.2 Å². The maximum atomic E-state index is 12.9. The van der Waals surface area contributed by atoms with Gasteiger partial charge in [-0.3, -0.25) is 4.79 Å². The van der Waals surface area contributed by atoms with E-state index < -0.39 is 0 Å². The molecule has 0 radical (unpaired) electrons. The van der Waals surface area contributed by atoms with Gasteiger partial charge in [-0.1, -0.05) is 20.8 Å². The van der Waals surface area contributed by atoms with Crippen molar-refractivity contribution in [3.63, 3.8) is 0 Å². The maximum Gasteiger partial charge on any atom is 0.254 e. The Morgan fingerprint density at radius 2 is 1.92 bits per heavy atom. The van der Waals surface area contributed by atoms with Crippen LogP contribution in [0.25, 0.3) is 0 Å². The highest BCUT2D eigenvalue weighted by Crippen LogP contribution is 2.19. The van der Waals surface area contributed by atoms with Crippen LogP contribution in [0.3, 0.4) is 0 Å². The lowest BCUT2D eigenvalue weighted by Crippen LogP contribution is -2.46. The normalized spacial score (nSPS) is 15.5. The number of hydrogen-bond donors (Lipinski definition) is 1. The molecule has 1 saturated heterocycles. The number of amides is 1. The highest BCUT2D eigenvalue weighted by molar-refractivity contribution is 5.94. The third-order valence-electron chi connectivity index (χ3n) is 4.54. The van der Waals surface area contributed by atoms with E-state index >= 15 is 0 Å². The molecule has 0 spiro atoms. The molecule has 0 unspecified atom stereocenters. The first-order valence-corrected chi connectivity index (χ1v) is 9.36. The van der Waals surface area contributed by atoms with E-state index in [1.807, 2.05) is 24.3 Å². The Kier molecular flexibility index (Phi) is 7.57. The van der Waals surface area contributed by atoms with Gasteiger partial charge in [0.15, 0.2) is 0 Å². The Bertz CT molecular complexity index is 493. The van der Waals surface area contributed by atoms with Gasteiger partial charge >= 0.3 is 0 Å². The zero-order chi connectivity index (χ0) is 17.4. The summed E-state index contributed by atoms with van der Waals surface area (Å²) in [7, 11) is 0. The van der Waals surface area contributed by atoms with Crippen molar-refractivity contribution in [2.45, 2.75) is 52.5 Å². The molecule has 1 fully saturated rings. The summed E-state index contributed by atoms with van der Waals surface area (Å²) in [5, 5.41) is 3.37. The molecule has 1 aromatic carbocycles. The van der Waals surface area contributed by atoms with Crippen molar-refractivity contribution in [1.82, 2.24) is 10.2 Å². The van der Waals surface area contributed by atoms with Crippen molar-refractivity contribution >= 4 is 5.91 Å². The largest absolute Gasteiger partial charge is 0.494 e. The van der Waals surface area contributed by atoms with Gasteiger partial charge in [0.25, 0.3) is 5.91 Å². The predicted molar refractivity (Wildman–Crippen MR) is 98.6 cm³/mol. The van der Waals surface area contributed by atoms with Crippen molar-refractivity contribution in [2.24, 2.45) is 5.92 Å². The number of carbonyl (C=O) groups excluding carboxylic acids is 1. The molecular weight excluding hydrogens is 300 g/mol. The Morgan fingerprint density at radius 3 is 2.50 bits per heavy atom. The molecule has 134 valence electrons. The second-order valence-corrected chi connectivity index (χ2v) is 7.04. The number of ether oxygens (including phenoxy) is 1. The molecule has 1 aromatic rings. The molecular formula is C20H32N2O2. The molecule has 1 aliphatic rings. The fourth-order valence-electron chi connectivity index (χ4n) is 3.08. The van der Waals surface area contributed by atoms with Crippen molar-refractivity contribution in [3.8, 4) is 5.75 Å². The lowest BCUT2D eigenvalue weighted by Gasteiger charge is -2.34. The van der Waals surface area contributed by atoms with Crippen molar-refractivity contribution in [2.75, 3.05) is 26.2 Å². The molecule has 0 aromatic heterocycles. The van der Waals surface area contributed by atoms with Crippen molar-refractivity contribution < 1.29 is 9.53 Å². The first kappa shape index (κ1) is 18.8. The summed E-state index contributed by atoms with van der Waals surface area (Å²) in [6.07, 6.45) is 4.12. The molecule has 4 heteroatoms. The van der Waals surface area contributed by atoms with Gasteiger partial charge in [-0.2, -0.15) is 0 Å². The number of nitrogens with one attached hydrogen (secondary N) is 1. The highest BCUT2D eigenvalue weighted by atomic mass is 16.5. The number of piperidine rings is 1. The first-order valence-electron chi connectivity index (χ1n) is 9.36. The van der Waals surface area contributed by atoms with E-state index in [1.54, 1.807) is 0 Å². The molecule has 4 nitrogen and oxygen atoms in total. The number of hydrogen-bond acceptors (Lipinski definition) is 3. The van der Waals surface area contributed by atoms with E-state index in [0.29, 0.717) is 12.0 Å². The van der Waals surface area contributed by atoms with E-state index in [9.17, 15) is 4.79 Å². The van der Waals surface area contributed by atoms with E-state index in [2.05, 4.69) is 31.0 Å². The van der Waals surface area contributed by atoms with Gasteiger partial charge in [0.05, 0.1) is 6.61 Å². The first-order chi connectivity index (χ1) is 11.6. The van der Waals surface area contributed by atoms with E-state index in [-0.39, 0.29) is 5.91 Å². The van der Waals surface area contributed by atoms with Crippen LogP contribution in [-0.2, 0) is 0 Å². The van der Waals surface area contributed by atoms with E-state index in [4.69, 9.17) is 4.74 Å². The summed E-state index contributed by atoms with van der Waals surface area (Å²) in [6.45, 7) is 10.1. The minimum Gasteiger partial charge on any atom is -0.494 e. The van der Waals surface area contributed by atoms with Gasteiger partial charge in [0.2, 0.25) is 0 Å². The number of rotatable bonds is 8. The summed E-state index contributed by atoms with van der Waals surface area (Å²) in [4.78, 5) is 15.0. The topological polar surface area (TPSA) is 41.6 Å². The van der Waals surface area contributed by atoms with Crippen LogP contribution >= 0.6 is 0 Å². The Balaban J connectivity index is 1.98. The quantitative estimate of drug-likeness (QED) is 0.789. The minimum absolute atomic E-state index is 0.150. The molecule has 0 saturated carbocycles. The van der Waals surface area contributed by atoms with E-state index in [1.165, 1.54) is 0 Å². The van der Waals surface area contributed by atoms with Crippen LogP contribution in [0.5, 0.6) is 5.75 Å². The van der Waals surface area contributed by atoms with Crippen LogP contribution in [-0.4, -0.2) is 43.1 Å². The molecule has 0 aliphatic carbocycles. The molecule has 1 N–H and O–H groups in total. The standard InChI is InChI=1S/C20H32N2O2/c1-4-14-22(18-9-12-21-13-10-18)20(23)17-5-7-19(8-6-17)24-15-11-16(2)3/h5-8,16,18,21H,4,9-15H2,1-3H3. The third kappa shape index (κ3) is 5.52. The Morgan fingerprint density at radius 1 is 1.25 bits per heavy atom. The van der Waals surface area contributed by atoms with Gasteiger partial charge in [-0.05, 0) is 69.0 Å². The van der Waals surface area contributed by atoms with Crippen LogP contribution < -0.4 is 10.1 Å². The molecule has 0 bridgehead atoms. The second kappa shape index (κ2) is 9.67. The fourth-order valence-corrected chi connectivity index (χ4v) is 3.08. The number of nitrogens with zero attached hydrogens (tertiary/aromatic N) is 1. The summed E-state index contributed by atoms with van der Waals surface area (Å²) in [5.41, 5.74) is 0.762. The van der Waals surface area contributed by atoms with Crippen molar-refractivity contribution in [3.05, 3.63) is 29.8 Å². The Hall–Kier alpha value is -1.55. The smallest absolute Gasteiger partial charge is 0.254 e. The zero-order valence-electron chi connectivity index (χ0n) is 15.4. The number of benzene rings is 1. The molecule has 0 atom stereocenters. The van der Waals surface area contributed by atoms with Gasteiger partial charge in [-0.15, -0.1) is 0 Å². The monoisotopic (exact) mass is 332 g/mol. The summed E-state index contributed by atoms with van der Waals surface area (Å²) >= 11 is 0. The average molecular weight is 332 g/mol. The molecule has 1 heterocycles. The second-order valence-electron chi connectivity index (χ2n) is 7.04. The Labute approximate surface area is 146 Å². The van der Waals surface area contributed by atoms with Crippen LogP contribution in [0.4, 0.5) is 0 Å². The average Bonchev–Trinajstić information content (AvgIpc) is 2.60. The van der Waals surface area contributed by atoms with Gasteiger partial charge in [-0.25, -0.2) is 0 Å². The predicted octanol–water partition coefficient (Wildman–Crippen LogP) is 3.72. The van der Waals surface area contributed by atoms with Crippen LogP contribution in [0.1, 0.15) is 56.8 Å². The summed E-state index contributed by atoms with van der Waals surface area (Å²) in [6, 6.07) is 7.99. The molecule has 1 aliphatic heterocycles. The molecule has 1 amide bonds. The van der Waals surface area contributed by atoms with Gasteiger partial charge in [0, 0.05) is 18.2 Å². The maximum absolute atomic E-state index is 12.9. The lowest BCUT2D eigenvalue weighted by atomic mass is 10.0. The molecule has 2 rings (SSSR count). The van der Waals surface area contributed by atoms with Gasteiger partial charge in [0.1, 0.15) is 5.75 Å². The SMILES string of the molecule is CCCN(C(=O)c1ccc(OCCC(C)C)cc1)C1CCNCC1. The fraction of sp³-hybridized carbons (Fsp3) is 0.650. The summed E-state index contributed by atoms with van der Waals surface area (Å²) < 4.78 is 5.74. The molecule has 24 heavy (non-hydrogen) atoms. The summed E-state index contributed by atoms with van der Waals surface area (Å²) in [5.74, 6) is 1.63. The third-order valence-corrected chi connectivity index (χ3v) is 4.54. The highest BCUT2D eigenvalue weighted by Gasteiger charge is 2.25. The van der Waals surface area contributed by atoms with Crippen molar-refractivity contribution in [1.29, 1.82) is 0 Å². The lowest BCUT2D eigenvalue weighted by molar-refractivity contribution is 0.0642. The van der Waals surface area contributed by atoms with Crippen LogP contribution in [0.15, 0.2) is 24.3 Å². The zero-order valence-corrected chi connectivity index (χ0v) is 15.4. The van der Waals surface area contributed by atoms with Gasteiger partial charge < -0.3 is 15.0 Å². The van der Waals surface area contributed by atoms with Crippen LogP contribution in [0.2, 0.25) is 0 Å².